The summed E-state index contributed by atoms with van der Waals surface area (Å²) >= 11 is 0. The maximum Gasteiger partial charge on any atom is 0.309 e. The number of nitrogens with zero attached hydrogens (tertiary/aromatic N) is 2. The lowest BCUT2D eigenvalue weighted by molar-refractivity contribution is -0.143. The zero-order valence-corrected chi connectivity index (χ0v) is 24.1. The van der Waals surface area contributed by atoms with Crippen molar-refractivity contribution in [3.63, 3.8) is 0 Å². The molecule has 0 amide bonds. The topological polar surface area (TPSA) is 106 Å². The van der Waals surface area contributed by atoms with Gasteiger partial charge in [0.2, 0.25) is 16.8 Å². The summed E-state index contributed by atoms with van der Waals surface area (Å²) < 4.78 is 44.8. The normalized spacial score (nSPS) is 20.4. The minimum absolute atomic E-state index is 0.0761. The van der Waals surface area contributed by atoms with Gasteiger partial charge >= 0.3 is 5.97 Å². The van der Waals surface area contributed by atoms with Crippen LogP contribution in [0.4, 0.5) is 0 Å². The van der Waals surface area contributed by atoms with E-state index >= 15 is 0 Å². The second kappa shape index (κ2) is 12.5. The number of benzene rings is 3. The van der Waals surface area contributed by atoms with Crippen molar-refractivity contribution >= 4 is 16.0 Å². The number of rotatable bonds is 12. The standard InChI is InChI=1S/C31H36N2O7S/c1-3-15-33(41(36,37)20-22-7-5-4-6-8-22)17-16-32-19-26(24-11-14-27-28(18-24)40-21-39-27)29(31(34)35)30(32)23-9-12-25(38-2)13-10-23/h4-14,18,26,29-30H,3,15-17,19-21H2,1-2H3,(H,34,35)/t26-,29-,30+/m1/s1. The molecule has 41 heavy (non-hydrogen) atoms. The summed E-state index contributed by atoms with van der Waals surface area (Å²) in [4.78, 5) is 15.0. The van der Waals surface area contributed by atoms with Crippen molar-refractivity contribution in [2.24, 2.45) is 5.92 Å². The molecule has 9 nitrogen and oxygen atoms in total. The predicted molar refractivity (Wildman–Crippen MR) is 155 cm³/mol. The van der Waals surface area contributed by atoms with Crippen LogP contribution in [-0.4, -0.2) is 68.8 Å². The summed E-state index contributed by atoms with van der Waals surface area (Å²) in [7, 11) is -1.99. The predicted octanol–water partition coefficient (Wildman–Crippen LogP) is 4.51. The van der Waals surface area contributed by atoms with E-state index in [2.05, 4.69) is 4.90 Å². The van der Waals surface area contributed by atoms with Crippen molar-refractivity contribution in [2.45, 2.75) is 31.1 Å². The molecule has 0 spiro atoms. The Bertz CT molecular complexity index is 1450. The summed E-state index contributed by atoms with van der Waals surface area (Å²) in [5.74, 6) is -0.156. The summed E-state index contributed by atoms with van der Waals surface area (Å²) in [5, 5.41) is 10.5. The second-order valence-electron chi connectivity index (χ2n) is 10.4. The van der Waals surface area contributed by atoms with Crippen LogP contribution in [0.2, 0.25) is 0 Å². The third kappa shape index (κ3) is 6.34. The molecule has 1 N–H and O–H groups in total. The molecule has 3 aromatic rings. The second-order valence-corrected chi connectivity index (χ2v) is 12.4. The number of methoxy groups -OCH3 is 1. The van der Waals surface area contributed by atoms with E-state index in [4.69, 9.17) is 14.2 Å². The van der Waals surface area contributed by atoms with Crippen LogP contribution in [0.15, 0.2) is 72.8 Å². The van der Waals surface area contributed by atoms with Gasteiger partial charge < -0.3 is 19.3 Å². The first kappa shape index (κ1) is 28.9. The number of fused-ring (bicyclic) bond motifs is 1. The summed E-state index contributed by atoms with van der Waals surface area (Å²) in [6, 6.07) is 21.7. The van der Waals surface area contributed by atoms with Gasteiger partial charge in [0.15, 0.2) is 11.5 Å². The molecule has 0 bridgehead atoms. The Labute approximate surface area is 241 Å². The highest BCUT2D eigenvalue weighted by Gasteiger charge is 2.47. The van der Waals surface area contributed by atoms with Crippen LogP contribution in [-0.2, 0) is 20.6 Å². The molecule has 0 radical (unpaired) electrons. The number of carbonyl (C=O) groups is 1. The number of aliphatic carboxylic acids is 1. The molecule has 10 heteroatoms. The molecular weight excluding hydrogens is 544 g/mol. The smallest absolute Gasteiger partial charge is 0.309 e. The monoisotopic (exact) mass is 580 g/mol. The molecular formula is C31H36N2O7S. The van der Waals surface area contributed by atoms with Crippen LogP contribution in [0.25, 0.3) is 0 Å². The number of carboxylic acid groups (broad SMARTS) is 1. The highest BCUT2D eigenvalue weighted by Crippen LogP contribution is 2.47. The quantitative estimate of drug-likeness (QED) is 0.334. The van der Waals surface area contributed by atoms with E-state index in [9.17, 15) is 18.3 Å². The van der Waals surface area contributed by atoms with Crippen LogP contribution < -0.4 is 14.2 Å². The highest BCUT2D eigenvalue weighted by atomic mass is 32.2. The lowest BCUT2D eigenvalue weighted by Gasteiger charge is -2.30. The molecule has 5 rings (SSSR count). The highest BCUT2D eigenvalue weighted by molar-refractivity contribution is 7.88. The molecule has 2 aliphatic heterocycles. The molecule has 3 atom stereocenters. The Balaban J connectivity index is 1.45. The van der Waals surface area contributed by atoms with E-state index in [1.807, 2.05) is 79.7 Å². The molecule has 1 saturated heterocycles. The first-order valence-electron chi connectivity index (χ1n) is 13.8. The van der Waals surface area contributed by atoms with Gasteiger partial charge in [0, 0.05) is 38.1 Å². The summed E-state index contributed by atoms with van der Waals surface area (Å²) in [6.45, 7) is 3.58. The van der Waals surface area contributed by atoms with E-state index in [0.717, 1.165) is 16.7 Å². The van der Waals surface area contributed by atoms with Gasteiger partial charge in [0.1, 0.15) is 5.75 Å². The van der Waals surface area contributed by atoms with Gasteiger partial charge in [0.05, 0.1) is 18.8 Å². The Kier molecular flexibility index (Phi) is 8.82. The number of hydrogen-bond donors (Lipinski definition) is 1. The Hall–Kier alpha value is -3.60. The van der Waals surface area contributed by atoms with Crippen LogP contribution >= 0.6 is 0 Å². The van der Waals surface area contributed by atoms with Crippen molar-refractivity contribution in [2.75, 3.05) is 40.1 Å². The largest absolute Gasteiger partial charge is 0.497 e. The van der Waals surface area contributed by atoms with Gasteiger partial charge in [-0.3, -0.25) is 9.69 Å². The Morgan fingerprint density at radius 1 is 1.00 bits per heavy atom. The van der Waals surface area contributed by atoms with Gasteiger partial charge in [0.25, 0.3) is 0 Å². The van der Waals surface area contributed by atoms with Gasteiger partial charge in [-0.1, -0.05) is 55.5 Å². The van der Waals surface area contributed by atoms with Crippen LogP contribution in [0, 0.1) is 5.92 Å². The first-order chi connectivity index (χ1) is 19.8. The Morgan fingerprint density at radius 2 is 1.71 bits per heavy atom. The van der Waals surface area contributed by atoms with Crippen LogP contribution in [0.1, 0.15) is 42.0 Å². The van der Waals surface area contributed by atoms with Gasteiger partial charge in [-0.05, 0) is 47.4 Å². The summed E-state index contributed by atoms with van der Waals surface area (Å²) in [5.41, 5.74) is 2.43. The average molecular weight is 581 g/mol. The van der Waals surface area contributed by atoms with Crippen molar-refractivity contribution in [3.8, 4) is 17.2 Å². The molecule has 3 aromatic carbocycles. The first-order valence-corrected chi connectivity index (χ1v) is 15.4. The molecule has 2 heterocycles. The molecule has 0 unspecified atom stereocenters. The third-order valence-corrected chi connectivity index (χ3v) is 9.71. The van der Waals surface area contributed by atoms with Crippen LogP contribution in [0.5, 0.6) is 17.2 Å². The van der Waals surface area contributed by atoms with Crippen LogP contribution in [0.3, 0.4) is 0 Å². The number of sulfonamides is 1. The minimum Gasteiger partial charge on any atom is -0.497 e. The number of hydrogen-bond acceptors (Lipinski definition) is 7. The third-order valence-electron chi connectivity index (χ3n) is 7.86. The van der Waals surface area contributed by atoms with E-state index in [1.54, 1.807) is 7.11 Å². The average Bonchev–Trinajstić information content (AvgIpc) is 3.60. The number of likely N-dealkylation sites (tertiary alicyclic amines) is 1. The van der Waals surface area contributed by atoms with Crippen molar-refractivity contribution in [1.82, 2.24) is 9.21 Å². The van der Waals surface area contributed by atoms with Crippen molar-refractivity contribution in [3.05, 3.63) is 89.5 Å². The summed E-state index contributed by atoms with van der Waals surface area (Å²) in [6.07, 6.45) is 0.674. The fourth-order valence-corrected chi connectivity index (χ4v) is 7.51. The molecule has 0 aromatic heterocycles. The van der Waals surface area contributed by atoms with E-state index < -0.39 is 28.0 Å². The minimum atomic E-state index is -3.58. The number of ether oxygens (including phenoxy) is 3. The van der Waals surface area contributed by atoms with Gasteiger partial charge in [-0.25, -0.2) is 12.7 Å². The van der Waals surface area contributed by atoms with E-state index in [0.29, 0.717) is 43.3 Å². The van der Waals surface area contributed by atoms with Gasteiger partial charge in [-0.15, -0.1) is 0 Å². The van der Waals surface area contributed by atoms with Gasteiger partial charge in [-0.2, -0.15) is 0 Å². The maximum absolute atomic E-state index is 13.5. The molecule has 0 aliphatic carbocycles. The van der Waals surface area contributed by atoms with Crippen molar-refractivity contribution < 1.29 is 32.5 Å². The number of carboxylic acids is 1. The molecule has 218 valence electrons. The Morgan fingerprint density at radius 3 is 2.39 bits per heavy atom. The van der Waals surface area contributed by atoms with E-state index in [-0.39, 0.29) is 25.0 Å². The molecule has 0 saturated carbocycles. The fraction of sp³-hybridized carbons (Fsp3) is 0.387. The molecule has 2 aliphatic rings. The zero-order chi connectivity index (χ0) is 29.0. The van der Waals surface area contributed by atoms with E-state index in [1.165, 1.54) is 4.31 Å². The fourth-order valence-electron chi connectivity index (χ4n) is 5.90. The maximum atomic E-state index is 13.5. The van der Waals surface area contributed by atoms with Crippen molar-refractivity contribution in [1.29, 1.82) is 0 Å². The lowest BCUT2D eigenvalue weighted by atomic mass is 9.82. The molecule has 1 fully saturated rings. The zero-order valence-electron chi connectivity index (χ0n) is 23.3. The lowest BCUT2D eigenvalue weighted by Crippen LogP contribution is -2.40. The SMILES string of the molecule is CCCN(CCN1C[C@H](c2ccc3c(c2)OCO3)[C@@H](C(=O)O)[C@@H]1c1ccc(OC)cc1)S(=O)(=O)Cc1ccccc1.